The quantitative estimate of drug-likeness (QED) is 0.458. The Hall–Kier alpha value is -2.88. The zero-order valence-corrected chi connectivity index (χ0v) is 14.7. The molecule has 0 N–H and O–H groups in total. The summed E-state index contributed by atoms with van der Waals surface area (Å²) >= 11 is 0. The van der Waals surface area contributed by atoms with Crippen LogP contribution in [-0.4, -0.2) is 18.0 Å². The van der Waals surface area contributed by atoms with Crippen LogP contribution in [-0.2, 0) is 14.3 Å². The summed E-state index contributed by atoms with van der Waals surface area (Å²) in [7, 11) is 0. The van der Waals surface area contributed by atoms with Gasteiger partial charge in [-0.25, -0.2) is 9.59 Å². The molecule has 1 aromatic rings. The molecule has 1 aromatic carbocycles. The van der Waals surface area contributed by atoms with Crippen LogP contribution < -0.4 is 4.74 Å². The summed E-state index contributed by atoms with van der Waals surface area (Å²) in [5.74, 6) is -0.315. The lowest BCUT2D eigenvalue weighted by atomic mass is 9.91. The maximum atomic E-state index is 11.7. The van der Waals surface area contributed by atoms with Crippen molar-refractivity contribution in [1.82, 2.24) is 0 Å². The molecule has 2 atom stereocenters. The second-order valence-corrected chi connectivity index (χ2v) is 6.18. The molecule has 1 aliphatic rings. The van der Waals surface area contributed by atoms with E-state index in [4.69, 9.17) is 9.47 Å². The number of benzene rings is 1. The molecule has 4 heteroatoms. The average molecular weight is 338 g/mol. The number of ether oxygens (including phenoxy) is 2. The Morgan fingerprint density at radius 2 is 1.60 bits per heavy atom. The van der Waals surface area contributed by atoms with Gasteiger partial charge in [0.1, 0.15) is 11.9 Å². The lowest BCUT2D eigenvalue weighted by Gasteiger charge is -2.23. The van der Waals surface area contributed by atoms with E-state index >= 15 is 0 Å². The van der Waals surface area contributed by atoms with Gasteiger partial charge in [-0.3, -0.25) is 0 Å². The Balaban J connectivity index is 2.07. The molecule has 2 rings (SSSR count). The van der Waals surface area contributed by atoms with Crippen molar-refractivity contribution in [2.75, 3.05) is 0 Å². The molecule has 0 saturated heterocycles. The monoisotopic (exact) mass is 338 g/mol. The van der Waals surface area contributed by atoms with Crippen molar-refractivity contribution < 1.29 is 19.1 Å². The van der Waals surface area contributed by atoms with E-state index in [1.54, 1.807) is 26.0 Å². The third-order valence-electron chi connectivity index (χ3n) is 3.76. The molecule has 0 spiro atoms. The van der Waals surface area contributed by atoms with E-state index in [1.165, 1.54) is 0 Å². The lowest BCUT2D eigenvalue weighted by molar-refractivity contribution is -0.143. The fourth-order valence-electron chi connectivity index (χ4n) is 2.28. The minimum absolute atomic E-state index is 0.0456. The summed E-state index contributed by atoms with van der Waals surface area (Å²) in [5, 5.41) is 0. The SMILES string of the molecule is C=C(C)C(=O)Oc1ccc(C2=CC(C)C(OC(=O)C(=C)C)C=C2)cc1. The zero-order valence-electron chi connectivity index (χ0n) is 14.7. The molecule has 0 radical (unpaired) electrons. The highest BCUT2D eigenvalue weighted by Crippen LogP contribution is 2.28. The van der Waals surface area contributed by atoms with Gasteiger partial charge in [0.15, 0.2) is 0 Å². The van der Waals surface area contributed by atoms with E-state index in [0.717, 1.165) is 11.1 Å². The summed E-state index contributed by atoms with van der Waals surface area (Å²) in [5.41, 5.74) is 2.75. The Labute approximate surface area is 148 Å². The van der Waals surface area contributed by atoms with Gasteiger partial charge in [0, 0.05) is 17.1 Å². The molecular weight excluding hydrogens is 316 g/mol. The molecule has 0 aliphatic heterocycles. The van der Waals surface area contributed by atoms with Gasteiger partial charge in [0.05, 0.1) is 0 Å². The summed E-state index contributed by atoms with van der Waals surface area (Å²) in [6.45, 7) is 12.4. The summed E-state index contributed by atoms with van der Waals surface area (Å²) in [6, 6.07) is 7.24. The molecule has 1 aliphatic carbocycles. The van der Waals surface area contributed by atoms with Crippen LogP contribution in [0.15, 0.2) is 66.8 Å². The summed E-state index contributed by atoms with van der Waals surface area (Å²) in [6.07, 6.45) is 5.54. The first-order chi connectivity index (χ1) is 11.8. The Kier molecular flexibility index (Phi) is 5.75. The molecule has 0 heterocycles. The van der Waals surface area contributed by atoms with Crippen LogP contribution in [0.25, 0.3) is 5.57 Å². The normalized spacial score (nSPS) is 18.9. The molecule has 0 aromatic heterocycles. The van der Waals surface area contributed by atoms with Crippen molar-refractivity contribution >= 4 is 17.5 Å². The van der Waals surface area contributed by atoms with Gasteiger partial charge < -0.3 is 9.47 Å². The maximum absolute atomic E-state index is 11.7. The van der Waals surface area contributed by atoms with Crippen LogP contribution in [0.4, 0.5) is 0 Å². The number of hydrogen-bond donors (Lipinski definition) is 0. The molecule has 130 valence electrons. The fraction of sp³-hybridized carbons (Fsp3) is 0.238. The van der Waals surface area contributed by atoms with E-state index < -0.39 is 5.97 Å². The van der Waals surface area contributed by atoms with Gasteiger partial charge in [-0.05, 0) is 43.2 Å². The molecule has 0 amide bonds. The first-order valence-electron chi connectivity index (χ1n) is 8.02. The van der Waals surface area contributed by atoms with Gasteiger partial charge in [-0.15, -0.1) is 0 Å². The minimum Gasteiger partial charge on any atom is -0.454 e. The number of carbonyl (C=O) groups is 2. The Morgan fingerprint density at radius 3 is 2.12 bits per heavy atom. The fourth-order valence-corrected chi connectivity index (χ4v) is 2.28. The van der Waals surface area contributed by atoms with Crippen LogP contribution >= 0.6 is 0 Å². The highest BCUT2D eigenvalue weighted by atomic mass is 16.5. The second kappa shape index (κ2) is 7.79. The average Bonchev–Trinajstić information content (AvgIpc) is 2.57. The van der Waals surface area contributed by atoms with E-state index in [-0.39, 0.29) is 18.0 Å². The van der Waals surface area contributed by atoms with Crippen LogP contribution in [0.3, 0.4) is 0 Å². The molecule has 4 nitrogen and oxygen atoms in total. The molecule has 0 saturated carbocycles. The van der Waals surface area contributed by atoms with Crippen LogP contribution in [0.5, 0.6) is 5.75 Å². The van der Waals surface area contributed by atoms with Gasteiger partial charge in [0.25, 0.3) is 0 Å². The molecule has 2 unspecified atom stereocenters. The largest absolute Gasteiger partial charge is 0.454 e. The zero-order chi connectivity index (χ0) is 18.6. The van der Waals surface area contributed by atoms with Crippen molar-refractivity contribution in [3.63, 3.8) is 0 Å². The van der Waals surface area contributed by atoms with Gasteiger partial charge in [-0.1, -0.05) is 44.4 Å². The maximum Gasteiger partial charge on any atom is 0.338 e. The van der Waals surface area contributed by atoms with Crippen molar-refractivity contribution in [3.8, 4) is 5.75 Å². The number of hydrogen-bond acceptors (Lipinski definition) is 4. The number of rotatable bonds is 5. The second-order valence-electron chi connectivity index (χ2n) is 6.18. The van der Waals surface area contributed by atoms with Crippen LogP contribution in [0, 0.1) is 5.92 Å². The summed E-state index contributed by atoms with van der Waals surface area (Å²) in [4.78, 5) is 23.2. The predicted octanol–water partition coefficient (Wildman–Crippen LogP) is 4.25. The summed E-state index contributed by atoms with van der Waals surface area (Å²) < 4.78 is 10.6. The van der Waals surface area contributed by atoms with Crippen molar-refractivity contribution in [2.24, 2.45) is 5.92 Å². The van der Waals surface area contributed by atoms with Crippen molar-refractivity contribution in [2.45, 2.75) is 26.9 Å². The first kappa shape index (κ1) is 18.5. The smallest absolute Gasteiger partial charge is 0.338 e. The predicted molar refractivity (Wildman–Crippen MR) is 97.9 cm³/mol. The molecule has 0 bridgehead atoms. The third kappa shape index (κ3) is 4.80. The number of carbonyl (C=O) groups excluding carboxylic acids is 2. The van der Waals surface area contributed by atoms with E-state index in [0.29, 0.717) is 16.9 Å². The molecule has 25 heavy (non-hydrogen) atoms. The van der Waals surface area contributed by atoms with Crippen LogP contribution in [0.1, 0.15) is 26.3 Å². The van der Waals surface area contributed by atoms with E-state index in [1.807, 2.05) is 37.3 Å². The highest BCUT2D eigenvalue weighted by molar-refractivity contribution is 5.89. The van der Waals surface area contributed by atoms with Crippen molar-refractivity contribution in [1.29, 1.82) is 0 Å². The number of allylic oxidation sites excluding steroid dienone is 2. The number of esters is 2. The van der Waals surface area contributed by atoms with Gasteiger partial charge in [-0.2, -0.15) is 0 Å². The van der Waals surface area contributed by atoms with Gasteiger partial charge in [0.2, 0.25) is 0 Å². The standard InChI is InChI=1S/C21H22O4/c1-13(2)20(22)24-18-9-6-16(7-10-18)17-8-11-19(15(5)12-17)25-21(23)14(3)4/h6-12,15,19H,1,3H2,2,4-5H3. The van der Waals surface area contributed by atoms with Crippen molar-refractivity contribution in [3.05, 3.63) is 72.4 Å². The van der Waals surface area contributed by atoms with Crippen LogP contribution in [0.2, 0.25) is 0 Å². The van der Waals surface area contributed by atoms with E-state index in [9.17, 15) is 9.59 Å². The first-order valence-corrected chi connectivity index (χ1v) is 8.02. The van der Waals surface area contributed by atoms with E-state index in [2.05, 4.69) is 13.2 Å². The topological polar surface area (TPSA) is 52.6 Å². The minimum atomic E-state index is -0.444. The lowest BCUT2D eigenvalue weighted by Crippen LogP contribution is -2.24. The Bertz CT molecular complexity index is 766. The molecule has 0 fully saturated rings. The third-order valence-corrected chi connectivity index (χ3v) is 3.76. The molecular formula is C21H22O4. The highest BCUT2D eigenvalue weighted by Gasteiger charge is 2.21. The van der Waals surface area contributed by atoms with Gasteiger partial charge >= 0.3 is 11.9 Å². The Morgan fingerprint density at radius 1 is 1.00 bits per heavy atom.